The van der Waals surface area contributed by atoms with E-state index in [2.05, 4.69) is 10.6 Å². The molecule has 6 heteroatoms. The fraction of sp³-hybridized carbons (Fsp3) is 0.235. The molecule has 0 heterocycles. The van der Waals surface area contributed by atoms with E-state index >= 15 is 0 Å². The molecule has 0 spiro atoms. The van der Waals surface area contributed by atoms with Gasteiger partial charge in [-0.25, -0.2) is 0 Å². The zero-order chi connectivity index (χ0) is 16.7. The number of thiocarbonyl (C=S) groups is 1. The number of nitrogens with one attached hydrogen (secondary N) is 2. The highest BCUT2D eigenvalue weighted by atomic mass is 35.5. The summed E-state index contributed by atoms with van der Waals surface area (Å²) in [6, 6.07) is 13.3. The van der Waals surface area contributed by atoms with Crippen LogP contribution in [0.5, 0.6) is 11.5 Å². The molecule has 0 aliphatic rings. The van der Waals surface area contributed by atoms with E-state index in [9.17, 15) is 0 Å². The Morgan fingerprint density at radius 1 is 1.09 bits per heavy atom. The van der Waals surface area contributed by atoms with Crippen molar-refractivity contribution in [3.63, 3.8) is 0 Å². The Bertz CT molecular complexity index is 679. The molecular formula is C17H19ClN2O2S. The van der Waals surface area contributed by atoms with E-state index in [1.165, 1.54) is 0 Å². The summed E-state index contributed by atoms with van der Waals surface area (Å²) in [6.45, 7) is 0.666. The second kappa shape index (κ2) is 8.60. The van der Waals surface area contributed by atoms with Crippen LogP contribution in [0.1, 0.15) is 5.56 Å². The van der Waals surface area contributed by atoms with Crippen molar-refractivity contribution in [2.24, 2.45) is 0 Å². The third-order valence-electron chi connectivity index (χ3n) is 3.29. The molecule has 0 saturated heterocycles. The summed E-state index contributed by atoms with van der Waals surface area (Å²) in [6.07, 6.45) is 0.755. The van der Waals surface area contributed by atoms with Crippen LogP contribution < -0.4 is 20.1 Å². The average molecular weight is 351 g/mol. The predicted octanol–water partition coefficient (Wildman–Crippen LogP) is 3.89. The quantitative estimate of drug-likeness (QED) is 0.774. The number of hydrogen-bond donors (Lipinski definition) is 2. The van der Waals surface area contributed by atoms with Gasteiger partial charge in [0, 0.05) is 6.54 Å². The van der Waals surface area contributed by atoms with Crippen molar-refractivity contribution in [1.29, 1.82) is 0 Å². The molecule has 23 heavy (non-hydrogen) atoms. The van der Waals surface area contributed by atoms with Crippen molar-refractivity contribution < 1.29 is 9.47 Å². The average Bonchev–Trinajstić information content (AvgIpc) is 2.56. The third-order valence-corrected chi connectivity index (χ3v) is 3.86. The Morgan fingerprint density at radius 3 is 2.57 bits per heavy atom. The van der Waals surface area contributed by atoms with Crippen LogP contribution in [0.25, 0.3) is 0 Å². The lowest BCUT2D eigenvalue weighted by Crippen LogP contribution is -2.30. The number of benzene rings is 2. The Balaban J connectivity index is 1.90. The molecule has 0 aliphatic heterocycles. The van der Waals surface area contributed by atoms with Crippen molar-refractivity contribution in [2.75, 3.05) is 26.1 Å². The van der Waals surface area contributed by atoms with Gasteiger partial charge in [0.25, 0.3) is 0 Å². The van der Waals surface area contributed by atoms with Gasteiger partial charge in [0.2, 0.25) is 0 Å². The lowest BCUT2D eigenvalue weighted by Gasteiger charge is -2.14. The first-order valence-corrected chi connectivity index (χ1v) is 7.93. The second-order valence-corrected chi connectivity index (χ2v) is 5.58. The molecule has 0 saturated carbocycles. The molecule has 0 radical (unpaired) electrons. The number of hydrogen-bond acceptors (Lipinski definition) is 3. The monoisotopic (exact) mass is 350 g/mol. The lowest BCUT2D eigenvalue weighted by molar-refractivity contribution is 0.351. The zero-order valence-corrected chi connectivity index (χ0v) is 14.6. The molecule has 2 aromatic carbocycles. The van der Waals surface area contributed by atoms with Gasteiger partial charge in [-0.05, 0) is 42.4 Å². The summed E-state index contributed by atoms with van der Waals surface area (Å²) in [5.41, 5.74) is 1.84. The molecule has 4 nitrogen and oxygen atoms in total. The molecule has 2 rings (SSSR count). The number of anilines is 1. The predicted molar refractivity (Wildman–Crippen MR) is 98.9 cm³/mol. The highest BCUT2D eigenvalue weighted by Gasteiger charge is 2.09. The zero-order valence-electron chi connectivity index (χ0n) is 13.1. The Morgan fingerprint density at radius 2 is 1.87 bits per heavy atom. The van der Waals surface area contributed by atoms with Crippen molar-refractivity contribution in [3.8, 4) is 11.5 Å². The summed E-state index contributed by atoms with van der Waals surface area (Å²) < 4.78 is 10.7. The minimum absolute atomic E-state index is 0.528. The van der Waals surface area contributed by atoms with E-state index in [-0.39, 0.29) is 0 Å². The number of para-hydroxylation sites is 2. The van der Waals surface area contributed by atoms with Gasteiger partial charge in [-0.1, -0.05) is 35.9 Å². The first-order valence-electron chi connectivity index (χ1n) is 7.15. The van der Waals surface area contributed by atoms with Gasteiger partial charge in [0.1, 0.15) is 0 Å². The summed E-state index contributed by atoms with van der Waals surface area (Å²) in [7, 11) is 3.26. The molecule has 2 N–H and O–H groups in total. The fourth-order valence-electron chi connectivity index (χ4n) is 2.19. The molecule has 0 fully saturated rings. The molecule has 0 aromatic heterocycles. The molecular weight excluding hydrogens is 332 g/mol. The maximum atomic E-state index is 6.09. The van der Waals surface area contributed by atoms with Crippen molar-refractivity contribution in [3.05, 3.63) is 53.1 Å². The Kier molecular flexibility index (Phi) is 6.50. The smallest absolute Gasteiger partial charge is 0.170 e. The van der Waals surface area contributed by atoms with E-state index in [0.717, 1.165) is 29.2 Å². The summed E-state index contributed by atoms with van der Waals surface area (Å²) in [5, 5.41) is 7.40. The van der Waals surface area contributed by atoms with Crippen LogP contribution in [0.15, 0.2) is 42.5 Å². The first-order chi connectivity index (χ1) is 11.2. The molecule has 122 valence electrons. The molecule has 2 aromatic rings. The largest absolute Gasteiger partial charge is 0.493 e. The second-order valence-electron chi connectivity index (χ2n) is 4.76. The van der Waals surface area contributed by atoms with E-state index in [0.29, 0.717) is 16.7 Å². The number of methoxy groups -OCH3 is 2. The van der Waals surface area contributed by atoms with Crippen molar-refractivity contribution in [1.82, 2.24) is 5.32 Å². The molecule has 0 aliphatic carbocycles. The normalized spacial score (nSPS) is 10.0. The number of halogens is 1. The van der Waals surface area contributed by atoms with Gasteiger partial charge < -0.3 is 20.1 Å². The molecule has 0 unspecified atom stereocenters. The topological polar surface area (TPSA) is 42.5 Å². The van der Waals surface area contributed by atoms with Crippen molar-refractivity contribution >= 4 is 34.6 Å². The van der Waals surface area contributed by atoms with E-state index in [4.69, 9.17) is 33.3 Å². The standard InChI is InChI=1S/C17H19ClN2O2S/c1-21-15-9-5-6-12(16(15)22-2)10-11-19-17(23)20-14-8-4-3-7-13(14)18/h3-9H,10-11H2,1-2H3,(H2,19,20,23). The summed E-state index contributed by atoms with van der Waals surface area (Å²) >= 11 is 11.4. The highest BCUT2D eigenvalue weighted by Crippen LogP contribution is 2.30. The minimum Gasteiger partial charge on any atom is -0.493 e. The SMILES string of the molecule is COc1cccc(CCNC(=S)Nc2ccccc2Cl)c1OC. The minimum atomic E-state index is 0.528. The van der Waals surface area contributed by atoms with Crippen LogP contribution >= 0.6 is 23.8 Å². The van der Waals surface area contributed by atoms with Gasteiger partial charge in [0.15, 0.2) is 16.6 Å². The van der Waals surface area contributed by atoms with Gasteiger partial charge in [0.05, 0.1) is 24.9 Å². The number of rotatable bonds is 6. The maximum Gasteiger partial charge on any atom is 0.170 e. The highest BCUT2D eigenvalue weighted by molar-refractivity contribution is 7.80. The van der Waals surface area contributed by atoms with Crippen LogP contribution in [0.3, 0.4) is 0 Å². The fourth-order valence-corrected chi connectivity index (χ4v) is 2.59. The Hall–Kier alpha value is -1.98. The van der Waals surface area contributed by atoms with Crippen molar-refractivity contribution in [2.45, 2.75) is 6.42 Å². The molecule has 0 bridgehead atoms. The van der Waals surface area contributed by atoms with Crippen LogP contribution in [0.2, 0.25) is 5.02 Å². The third kappa shape index (κ3) is 4.74. The Labute approximate surface area is 146 Å². The van der Waals surface area contributed by atoms with Crippen LogP contribution in [-0.2, 0) is 6.42 Å². The van der Waals surface area contributed by atoms with Gasteiger partial charge in [-0.15, -0.1) is 0 Å². The number of ether oxygens (including phenoxy) is 2. The van der Waals surface area contributed by atoms with Gasteiger partial charge in [-0.2, -0.15) is 0 Å². The van der Waals surface area contributed by atoms with E-state index in [1.54, 1.807) is 14.2 Å². The van der Waals surface area contributed by atoms with Gasteiger partial charge >= 0.3 is 0 Å². The van der Waals surface area contributed by atoms with E-state index in [1.807, 2.05) is 42.5 Å². The van der Waals surface area contributed by atoms with Crippen LogP contribution in [-0.4, -0.2) is 25.9 Å². The molecule has 0 amide bonds. The lowest BCUT2D eigenvalue weighted by atomic mass is 10.1. The van der Waals surface area contributed by atoms with E-state index < -0.39 is 0 Å². The first kappa shape index (κ1) is 17.4. The summed E-state index contributed by atoms with van der Waals surface area (Å²) in [5.74, 6) is 1.48. The van der Waals surface area contributed by atoms with Crippen LogP contribution in [0.4, 0.5) is 5.69 Å². The maximum absolute atomic E-state index is 6.09. The van der Waals surface area contributed by atoms with Crippen LogP contribution in [0, 0.1) is 0 Å². The molecule has 0 atom stereocenters. The summed E-state index contributed by atoms with van der Waals surface area (Å²) in [4.78, 5) is 0. The van der Waals surface area contributed by atoms with Gasteiger partial charge in [-0.3, -0.25) is 0 Å².